The summed E-state index contributed by atoms with van der Waals surface area (Å²) in [5.41, 5.74) is 1.19. The van der Waals surface area contributed by atoms with E-state index < -0.39 is 0 Å². The Morgan fingerprint density at radius 2 is 1.95 bits per heavy atom. The van der Waals surface area contributed by atoms with Gasteiger partial charge in [-0.3, -0.25) is 4.90 Å². The van der Waals surface area contributed by atoms with Crippen LogP contribution in [0.5, 0.6) is 0 Å². The lowest BCUT2D eigenvalue weighted by Crippen LogP contribution is -2.52. The van der Waals surface area contributed by atoms with Crippen molar-refractivity contribution in [3.8, 4) is 0 Å². The van der Waals surface area contributed by atoms with Gasteiger partial charge in [-0.15, -0.1) is 5.10 Å². The van der Waals surface area contributed by atoms with Gasteiger partial charge in [0.25, 0.3) is 0 Å². The maximum absolute atomic E-state index is 4.21. The van der Waals surface area contributed by atoms with Gasteiger partial charge in [0.1, 0.15) is 0 Å². The number of nitrogens with one attached hydrogen (secondary N) is 1. The molecule has 110 valence electrons. The van der Waals surface area contributed by atoms with Gasteiger partial charge in [-0.25, -0.2) is 4.68 Å². The van der Waals surface area contributed by atoms with Gasteiger partial charge in [-0.1, -0.05) is 26.0 Å². The number of aryl methyl sites for hydroxylation is 1. The van der Waals surface area contributed by atoms with E-state index in [0.717, 1.165) is 26.1 Å². The third kappa shape index (κ3) is 3.34. The fourth-order valence-corrected chi connectivity index (χ4v) is 2.96. The molecule has 1 rings (SSSR count). The Hall–Kier alpha value is -0.940. The number of nitrogens with zero attached hydrogens (tertiary/aromatic N) is 4. The van der Waals surface area contributed by atoms with Crippen molar-refractivity contribution in [3.05, 3.63) is 11.9 Å². The maximum Gasteiger partial charge on any atom is 0.0775 e. The van der Waals surface area contributed by atoms with Gasteiger partial charge >= 0.3 is 0 Å². The minimum Gasteiger partial charge on any atom is -0.310 e. The molecule has 19 heavy (non-hydrogen) atoms. The van der Waals surface area contributed by atoms with Crippen molar-refractivity contribution in [2.45, 2.75) is 59.2 Å². The Morgan fingerprint density at radius 1 is 1.32 bits per heavy atom. The molecular formula is C14H29N5. The zero-order valence-electron chi connectivity index (χ0n) is 13.3. The first kappa shape index (κ1) is 16.1. The monoisotopic (exact) mass is 267 g/mol. The van der Waals surface area contributed by atoms with Crippen molar-refractivity contribution < 1.29 is 0 Å². The first-order chi connectivity index (χ1) is 9.02. The molecule has 0 amide bonds. The second-order valence-corrected chi connectivity index (χ2v) is 5.43. The van der Waals surface area contributed by atoms with Gasteiger partial charge in [0, 0.05) is 12.1 Å². The Morgan fingerprint density at radius 3 is 2.42 bits per heavy atom. The van der Waals surface area contributed by atoms with Gasteiger partial charge in [-0.05, 0) is 40.4 Å². The summed E-state index contributed by atoms with van der Waals surface area (Å²) in [6.45, 7) is 14.1. The summed E-state index contributed by atoms with van der Waals surface area (Å²) in [6.07, 6.45) is 2.96. The van der Waals surface area contributed by atoms with E-state index in [1.54, 1.807) is 0 Å². The third-order valence-electron chi connectivity index (χ3n) is 3.95. The van der Waals surface area contributed by atoms with Crippen LogP contribution in [0.4, 0.5) is 0 Å². The number of aromatic nitrogens is 3. The lowest BCUT2D eigenvalue weighted by atomic mass is 9.90. The molecule has 0 aliphatic heterocycles. The van der Waals surface area contributed by atoms with Crippen molar-refractivity contribution >= 4 is 0 Å². The summed E-state index contributed by atoms with van der Waals surface area (Å²) in [5, 5.41) is 11.7. The van der Waals surface area contributed by atoms with E-state index in [1.165, 1.54) is 5.69 Å². The fourth-order valence-electron chi connectivity index (χ4n) is 2.96. The van der Waals surface area contributed by atoms with E-state index in [1.807, 2.05) is 17.9 Å². The number of rotatable bonds is 8. The predicted molar refractivity (Wildman–Crippen MR) is 79.1 cm³/mol. The van der Waals surface area contributed by atoms with Gasteiger partial charge in [0.05, 0.1) is 17.9 Å². The summed E-state index contributed by atoms with van der Waals surface area (Å²) >= 11 is 0. The highest BCUT2D eigenvalue weighted by atomic mass is 15.4. The molecule has 0 radical (unpaired) electrons. The first-order valence-corrected chi connectivity index (χ1v) is 7.33. The lowest BCUT2D eigenvalue weighted by molar-refractivity contribution is 0.0907. The van der Waals surface area contributed by atoms with E-state index >= 15 is 0 Å². The number of likely N-dealkylation sites (N-methyl/N-ethyl adjacent to an activating group) is 2. The van der Waals surface area contributed by atoms with Crippen LogP contribution in [0.3, 0.4) is 0 Å². The standard InChI is InChI=1S/C14H29N5/c1-7-10-19-12(11-16-17-19)13(15-6)14(4,5)18(8-2)9-3/h11,13,15H,7-10H2,1-6H3. The minimum absolute atomic E-state index is 0.0193. The zero-order valence-corrected chi connectivity index (χ0v) is 13.3. The van der Waals surface area contributed by atoms with Crippen LogP contribution in [0.25, 0.3) is 0 Å². The average Bonchev–Trinajstić information content (AvgIpc) is 2.79. The van der Waals surface area contributed by atoms with Gasteiger partial charge in [0.2, 0.25) is 0 Å². The summed E-state index contributed by atoms with van der Waals surface area (Å²) in [6, 6.07) is 0.217. The minimum atomic E-state index is 0.0193. The second-order valence-electron chi connectivity index (χ2n) is 5.43. The third-order valence-corrected chi connectivity index (χ3v) is 3.95. The molecule has 0 spiro atoms. The largest absolute Gasteiger partial charge is 0.310 e. The van der Waals surface area contributed by atoms with Crippen LogP contribution < -0.4 is 5.32 Å². The molecule has 1 heterocycles. The van der Waals surface area contributed by atoms with Crippen molar-refractivity contribution in [3.63, 3.8) is 0 Å². The molecule has 0 aliphatic carbocycles. The first-order valence-electron chi connectivity index (χ1n) is 7.33. The van der Waals surface area contributed by atoms with Crippen LogP contribution >= 0.6 is 0 Å². The molecule has 5 nitrogen and oxygen atoms in total. The SMILES string of the molecule is CCCn1nncc1C(NC)C(C)(C)N(CC)CC. The predicted octanol–water partition coefficient (Wildman–Crippen LogP) is 2.07. The highest BCUT2D eigenvalue weighted by Crippen LogP contribution is 2.30. The summed E-state index contributed by atoms with van der Waals surface area (Å²) in [5.74, 6) is 0. The van der Waals surface area contributed by atoms with E-state index in [-0.39, 0.29) is 11.6 Å². The van der Waals surface area contributed by atoms with Crippen molar-refractivity contribution in [1.82, 2.24) is 25.2 Å². The zero-order chi connectivity index (χ0) is 14.5. The molecule has 1 unspecified atom stereocenters. The topological polar surface area (TPSA) is 46.0 Å². The molecular weight excluding hydrogens is 238 g/mol. The fraction of sp³-hybridized carbons (Fsp3) is 0.857. The van der Waals surface area contributed by atoms with Gasteiger partial charge < -0.3 is 5.32 Å². The highest BCUT2D eigenvalue weighted by molar-refractivity contribution is 5.10. The summed E-state index contributed by atoms with van der Waals surface area (Å²) < 4.78 is 2.02. The second kappa shape index (κ2) is 7.01. The summed E-state index contributed by atoms with van der Waals surface area (Å²) in [7, 11) is 2.01. The Kier molecular flexibility index (Phi) is 5.94. The molecule has 0 saturated carbocycles. The highest BCUT2D eigenvalue weighted by Gasteiger charge is 2.36. The van der Waals surface area contributed by atoms with E-state index in [2.05, 4.69) is 55.1 Å². The van der Waals surface area contributed by atoms with Crippen LogP contribution in [0, 0.1) is 0 Å². The number of hydrogen-bond acceptors (Lipinski definition) is 4. The molecule has 0 fully saturated rings. The normalized spacial score (nSPS) is 14.1. The van der Waals surface area contributed by atoms with Gasteiger partial charge in [-0.2, -0.15) is 0 Å². The lowest BCUT2D eigenvalue weighted by Gasteiger charge is -2.43. The Balaban J connectivity index is 3.07. The smallest absolute Gasteiger partial charge is 0.0775 e. The molecule has 0 bridgehead atoms. The molecule has 1 atom stereocenters. The molecule has 0 saturated heterocycles. The Labute approximate surface area is 117 Å². The van der Waals surface area contributed by atoms with Crippen LogP contribution in [0.15, 0.2) is 6.20 Å². The van der Waals surface area contributed by atoms with Crippen LogP contribution in [0.1, 0.15) is 52.8 Å². The van der Waals surface area contributed by atoms with Crippen LogP contribution in [-0.2, 0) is 6.54 Å². The van der Waals surface area contributed by atoms with E-state index in [0.29, 0.717) is 0 Å². The molecule has 1 aromatic rings. The summed E-state index contributed by atoms with van der Waals surface area (Å²) in [4.78, 5) is 2.47. The molecule has 5 heteroatoms. The van der Waals surface area contributed by atoms with Crippen LogP contribution in [0.2, 0.25) is 0 Å². The quantitative estimate of drug-likeness (QED) is 0.783. The average molecular weight is 267 g/mol. The molecule has 1 N–H and O–H groups in total. The van der Waals surface area contributed by atoms with E-state index in [9.17, 15) is 0 Å². The van der Waals surface area contributed by atoms with Crippen molar-refractivity contribution in [2.75, 3.05) is 20.1 Å². The Bertz CT molecular complexity index is 368. The maximum atomic E-state index is 4.21. The van der Waals surface area contributed by atoms with Crippen molar-refractivity contribution in [1.29, 1.82) is 0 Å². The van der Waals surface area contributed by atoms with Gasteiger partial charge in [0.15, 0.2) is 0 Å². The van der Waals surface area contributed by atoms with Crippen LogP contribution in [-0.4, -0.2) is 45.6 Å². The molecule has 0 aromatic carbocycles. The van der Waals surface area contributed by atoms with Crippen molar-refractivity contribution in [2.24, 2.45) is 0 Å². The molecule has 1 aromatic heterocycles. The van der Waals surface area contributed by atoms with E-state index in [4.69, 9.17) is 0 Å². The molecule has 0 aliphatic rings. The number of hydrogen-bond donors (Lipinski definition) is 1.